The summed E-state index contributed by atoms with van der Waals surface area (Å²) in [6, 6.07) is 7.17. The highest BCUT2D eigenvalue weighted by molar-refractivity contribution is 6.34. The van der Waals surface area contributed by atoms with Gasteiger partial charge in [-0.05, 0) is 48.4 Å². The first-order valence-corrected chi connectivity index (χ1v) is 12.8. The van der Waals surface area contributed by atoms with Crippen LogP contribution in [-0.4, -0.2) is 44.9 Å². The molecule has 3 aromatic rings. The Kier molecular flexibility index (Phi) is 8.68. The van der Waals surface area contributed by atoms with Crippen LogP contribution in [0.3, 0.4) is 0 Å². The molecule has 0 spiro atoms. The largest absolute Gasteiger partial charge is 0.435 e. The van der Waals surface area contributed by atoms with E-state index in [0.717, 1.165) is 12.1 Å². The molecule has 0 aliphatic carbocycles. The number of hydrogen-bond acceptors (Lipinski definition) is 5. The van der Waals surface area contributed by atoms with E-state index >= 15 is 0 Å². The zero-order chi connectivity index (χ0) is 32.0. The lowest BCUT2D eigenvalue weighted by atomic mass is 9.86. The summed E-state index contributed by atoms with van der Waals surface area (Å²) in [6.45, 7) is -0.311. The molecule has 0 bridgehead atoms. The van der Waals surface area contributed by atoms with E-state index in [9.17, 15) is 44.3 Å². The second-order valence-electron chi connectivity index (χ2n) is 9.51. The predicted octanol–water partition coefficient (Wildman–Crippen LogP) is 7.79. The van der Waals surface area contributed by atoms with E-state index in [1.54, 1.807) is 0 Å². The zero-order valence-electron chi connectivity index (χ0n) is 21.6. The van der Waals surface area contributed by atoms with Crippen LogP contribution >= 0.6 is 23.2 Å². The molecule has 0 radical (unpaired) electrons. The Morgan fingerprint density at radius 3 is 2.21 bits per heavy atom. The van der Waals surface area contributed by atoms with Crippen LogP contribution in [0.15, 0.2) is 41.6 Å². The quantitative estimate of drug-likeness (QED) is 0.262. The molecule has 1 amide bonds. The smallest absolute Gasteiger partial charge is 0.374 e. The van der Waals surface area contributed by atoms with Gasteiger partial charge in [0.1, 0.15) is 12.4 Å². The Morgan fingerprint density at radius 2 is 1.65 bits per heavy atom. The van der Waals surface area contributed by atoms with E-state index < -0.39 is 67.6 Å². The summed E-state index contributed by atoms with van der Waals surface area (Å²) in [6.07, 6.45) is -17.6. The number of carbonyl (C=O) groups excluding carboxylic acids is 1. The second kappa shape index (κ2) is 11.5. The van der Waals surface area contributed by atoms with Gasteiger partial charge in [-0.2, -0.15) is 44.5 Å². The van der Waals surface area contributed by atoms with Gasteiger partial charge in [0.2, 0.25) is 5.95 Å². The van der Waals surface area contributed by atoms with Crippen molar-refractivity contribution in [2.24, 2.45) is 5.16 Å². The van der Waals surface area contributed by atoms with Crippen LogP contribution < -0.4 is 5.32 Å². The first kappa shape index (κ1) is 32.4. The number of hydrogen-bond donors (Lipinski definition) is 1. The highest BCUT2D eigenvalue weighted by Gasteiger charge is 2.62. The monoisotopic (exact) mass is 661 g/mol. The van der Waals surface area contributed by atoms with Crippen molar-refractivity contribution >= 4 is 40.8 Å². The van der Waals surface area contributed by atoms with Gasteiger partial charge in [-0.25, -0.2) is 4.68 Å². The molecule has 2 heterocycles. The van der Waals surface area contributed by atoms with Crippen molar-refractivity contribution in [1.82, 2.24) is 14.8 Å². The van der Waals surface area contributed by atoms with Crippen molar-refractivity contribution in [2.45, 2.75) is 56.9 Å². The predicted molar refractivity (Wildman–Crippen MR) is 136 cm³/mol. The summed E-state index contributed by atoms with van der Waals surface area (Å²) < 4.78 is 120. The van der Waals surface area contributed by atoms with E-state index in [4.69, 9.17) is 28.0 Å². The molecule has 2 aromatic carbocycles. The number of benzene rings is 2. The fourth-order valence-corrected chi connectivity index (χ4v) is 4.80. The average molecular weight is 662 g/mol. The number of anilines is 1. The summed E-state index contributed by atoms with van der Waals surface area (Å²) in [7, 11) is 0. The maximum atomic E-state index is 14.3. The van der Waals surface area contributed by atoms with Gasteiger partial charge in [0.05, 0.1) is 12.1 Å². The van der Waals surface area contributed by atoms with Gasteiger partial charge in [0.15, 0.2) is 0 Å². The first-order chi connectivity index (χ1) is 19.8. The fourth-order valence-electron chi connectivity index (χ4n) is 4.27. The molecule has 0 fully saturated rings. The molecular weight excluding hydrogens is 644 g/mol. The molecule has 0 saturated carbocycles. The van der Waals surface area contributed by atoms with Crippen LogP contribution in [0.1, 0.15) is 45.7 Å². The minimum absolute atomic E-state index is 0.0559. The van der Waals surface area contributed by atoms with Gasteiger partial charge in [-0.15, -0.1) is 5.10 Å². The van der Waals surface area contributed by atoms with Crippen LogP contribution in [0.4, 0.5) is 45.5 Å². The zero-order valence-corrected chi connectivity index (χ0v) is 23.1. The van der Waals surface area contributed by atoms with Crippen molar-refractivity contribution < 1.29 is 49.1 Å². The highest BCUT2D eigenvalue weighted by Crippen LogP contribution is 2.49. The Labute approximate surface area is 246 Å². The topological polar surface area (TPSA) is 81.4 Å². The van der Waals surface area contributed by atoms with Gasteiger partial charge in [0, 0.05) is 34.0 Å². The highest BCUT2D eigenvalue weighted by atomic mass is 35.5. The molecule has 232 valence electrons. The number of nitrogens with zero attached hydrogens (tertiary/aromatic N) is 4. The molecule has 1 aromatic heterocycles. The van der Waals surface area contributed by atoms with Crippen molar-refractivity contribution in [2.75, 3.05) is 5.32 Å². The van der Waals surface area contributed by atoms with E-state index in [1.165, 1.54) is 31.2 Å². The van der Waals surface area contributed by atoms with Gasteiger partial charge in [-0.1, -0.05) is 34.4 Å². The van der Waals surface area contributed by atoms with Crippen molar-refractivity contribution in [3.63, 3.8) is 0 Å². The number of carbonyl (C=O) groups is 1. The van der Waals surface area contributed by atoms with E-state index in [0.29, 0.717) is 0 Å². The molecular formula is C25H18Cl2F9N5O2. The number of oxime groups is 1. The van der Waals surface area contributed by atoms with E-state index in [1.807, 2.05) is 0 Å². The molecule has 43 heavy (non-hydrogen) atoms. The van der Waals surface area contributed by atoms with Crippen LogP contribution in [0.5, 0.6) is 0 Å². The third-order valence-corrected chi connectivity index (χ3v) is 6.69. The molecule has 18 heteroatoms. The number of nitrogens with one attached hydrogen (secondary N) is 1. The Hall–Kier alpha value is -3.53. The second-order valence-corrected chi connectivity index (χ2v) is 10.4. The Morgan fingerprint density at radius 1 is 1.00 bits per heavy atom. The summed E-state index contributed by atoms with van der Waals surface area (Å²) in [5.41, 5.74) is -3.10. The Balaban J connectivity index is 1.55. The average Bonchev–Trinajstić information content (AvgIpc) is 3.45. The lowest BCUT2D eigenvalue weighted by Crippen LogP contribution is -2.42. The van der Waals surface area contributed by atoms with Crippen LogP contribution in [0.25, 0.3) is 0 Å². The Bertz CT molecular complexity index is 1550. The van der Waals surface area contributed by atoms with Gasteiger partial charge < -0.3 is 4.84 Å². The third-order valence-electron chi connectivity index (χ3n) is 6.25. The molecule has 1 atom stereocenters. The molecule has 1 aliphatic rings. The normalized spacial score (nSPS) is 17.5. The number of alkyl halides is 9. The number of rotatable bonds is 7. The third kappa shape index (κ3) is 7.52. The van der Waals surface area contributed by atoms with Gasteiger partial charge >= 0.3 is 18.5 Å². The lowest BCUT2D eigenvalue weighted by Gasteiger charge is -2.29. The molecule has 4 rings (SSSR count). The van der Waals surface area contributed by atoms with Crippen molar-refractivity contribution in [3.8, 4) is 0 Å². The maximum absolute atomic E-state index is 14.3. The minimum atomic E-state index is -4.94. The van der Waals surface area contributed by atoms with Crippen LogP contribution in [0, 0.1) is 6.92 Å². The SMILES string of the molecule is Cc1cc(C2=NOC(c3cc(Cl)cc(Cl)c3)(C(F)(F)F)C2)ccc1C(=O)Nc1nc(CCC(F)(F)F)n(CC(F)(F)F)n1. The first-order valence-electron chi connectivity index (χ1n) is 12.0. The van der Waals surface area contributed by atoms with E-state index in [2.05, 4.69) is 20.6 Å². The summed E-state index contributed by atoms with van der Waals surface area (Å²) in [5.74, 6) is -2.25. The minimum Gasteiger partial charge on any atom is -0.374 e. The summed E-state index contributed by atoms with van der Waals surface area (Å²) >= 11 is 11.8. The fraction of sp³-hybridized carbons (Fsp3) is 0.360. The number of aromatic nitrogens is 3. The number of aryl methyl sites for hydroxylation is 2. The van der Waals surface area contributed by atoms with Gasteiger partial charge in [-0.3, -0.25) is 10.1 Å². The number of halogens is 11. The molecule has 0 saturated heterocycles. The van der Waals surface area contributed by atoms with Gasteiger partial charge in [0.25, 0.3) is 11.5 Å². The van der Waals surface area contributed by atoms with Crippen molar-refractivity contribution in [1.29, 1.82) is 0 Å². The van der Waals surface area contributed by atoms with Crippen LogP contribution in [0.2, 0.25) is 10.0 Å². The molecule has 1 N–H and O–H groups in total. The standard InChI is InChI=1S/C25H18Cl2F9N5O2/c1-12-6-13(18-10-22(43-40-18,25(34,35)36)14-7-15(26)9-16(27)8-14)2-3-17(12)20(42)38-21-37-19(4-5-23(28,29)30)41(39-21)11-24(31,32)33/h2-3,6-9H,4-5,10-11H2,1H3,(H,38,39,42). The molecule has 1 unspecified atom stereocenters. The molecule has 7 nitrogen and oxygen atoms in total. The van der Waals surface area contributed by atoms with Crippen molar-refractivity contribution in [3.05, 3.63) is 74.5 Å². The number of amides is 1. The van der Waals surface area contributed by atoms with E-state index in [-0.39, 0.29) is 42.7 Å². The van der Waals surface area contributed by atoms with Crippen LogP contribution in [-0.2, 0) is 23.4 Å². The lowest BCUT2D eigenvalue weighted by molar-refractivity contribution is -0.275. The maximum Gasteiger partial charge on any atom is 0.435 e. The summed E-state index contributed by atoms with van der Waals surface area (Å²) in [5, 5.41) is 9.14. The summed E-state index contributed by atoms with van der Waals surface area (Å²) in [4.78, 5) is 21.4. The molecule has 1 aliphatic heterocycles.